The molecule has 5 nitrogen and oxygen atoms in total. The van der Waals surface area contributed by atoms with Gasteiger partial charge in [-0.1, -0.05) is 12.1 Å². The number of aromatic nitrogens is 4. The van der Waals surface area contributed by atoms with Gasteiger partial charge in [0.2, 0.25) is 0 Å². The SMILES string of the molecule is Cc1[nH]nc2c(NCCc3cccc(F)c3)ncnc12. The summed E-state index contributed by atoms with van der Waals surface area (Å²) >= 11 is 0. The van der Waals surface area contributed by atoms with Crippen LogP contribution in [0.25, 0.3) is 11.0 Å². The largest absolute Gasteiger partial charge is 0.368 e. The molecule has 0 radical (unpaired) electrons. The standard InChI is InChI=1S/C14H14FN5/c1-9-12-13(20-19-9)14(18-8-17-12)16-6-5-10-3-2-4-11(15)7-10/h2-4,7-8H,5-6H2,1H3,(H,19,20)(H,16,17,18). The topological polar surface area (TPSA) is 66.5 Å². The molecule has 102 valence electrons. The van der Waals surface area contributed by atoms with E-state index in [-0.39, 0.29) is 5.82 Å². The molecule has 0 unspecified atom stereocenters. The van der Waals surface area contributed by atoms with Crippen LogP contribution in [-0.4, -0.2) is 26.7 Å². The predicted molar refractivity (Wildman–Crippen MR) is 75.0 cm³/mol. The van der Waals surface area contributed by atoms with E-state index >= 15 is 0 Å². The van der Waals surface area contributed by atoms with E-state index in [2.05, 4.69) is 25.5 Å². The summed E-state index contributed by atoms with van der Waals surface area (Å²) in [5, 5.41) is 10.3. The first-order valence-electron chi connectivity index (χ1n) is 6.38. The van der Waals surface area contributed by atoms with Gasteiger partial charge in [0, 0.05) is 6.54 Å². The maximum atomic E-state index is 13.1. The van der Waals surface area contributed by atoms with Crippen LogP contribution in [-0.2, 0) is 6.42 Å². The van der Waals surface area contributed by atoms with E-state index in [0.29, 0.717) is 18.8 Å². The molecule has 2 N–H and O–H groups in total. The fourth-order valence-electron chi connectivity index (χ4n) is 2.10. The van der Waals surface area contributed by atoms with Crippen LogP contribution in [0.1, 0.15) is 11.3 Å². The highest BCUT2D eigenvalue weighted by Gasteiger charge is 2.08. The van der Waals surface area contributed by atoms with Crippen LogP contribution in [0, 0.1) is 12.7 Å². The summed E-state index contributed by atoms with van der Waals surface area (Å²) in [7, 11) is 0. The van der Waals surface area contributed by atoms with Crippen molar-refractivity contribution in [1.29, 1.82) is 0 Å². The Hall–Kier alpha value is -2.50. The molecule has 20 heavy (non-hydrogen) atoms. The number of nitrogens with one attached hydrogen (secondary N) is 2. The Bertz CT molecular complexity index is 737. The third-order valence-corrected chi connectivity index (χ3v) is 3.11. The van der Waals surface area contributed by atoms with E-state index in [4.69, 9.17) is 0 Å². The van der Waals surface area contributed by atoms with Gasteiger partial charge in [0.1, 0.15) is 17.7 Å². The number of hydrogen-bond acceptors (Lipinski definition) is 4. The molecule has 0 saturated carbocycles. The predicted octanol–water partition coefficient (Wildman–Crippen LogP) is 2.46. The van der Waals surface area contributed by atoms with Crippen LogP contribution in [0.2, 0.25) is 0 Å². The van der Waals surface area contributed by atoms with Gasteiger partial charge in [-0.25, -0.2) is 14.4 Å². The Balaban J connectivity index is 1.71. The third-order valence-electron chi connectivity index (χ3n) is 3.11. The van der Waals surface area contributed by atoms with E-state index < -0.39 is 0 Å². The Morgan fingerprint density at radius 3 is 3.00 bits per heavy atom. The summed E-state index contributed by atoms with van der Waals surface area (Å²) in [6.07, 6.45) is 2.22. The molecule has 0 aliphatic heterocycles. The maximum Gasteiger partial charge on any atom is 0.157 e. The number of anilines is 1. The quantitative estimate of drug-likeness (QED) is 0.765. The lowest BCUT2D eigenvalue weighted by atomic mass is 10.1. The van der Waals surface area contributed by atoms with Gasteiger partial charge in [-0.3, -0.25) is 5.10 Å². The first-order chi connectivity index (χ1) is 9.74. The molecular formula is C14H14FN5. The van der Waals surface area contributed by atoms with E-state index in [1.54, 1.807) is 6.07 Å². The fourth-order valence-corrected chi connectivity index (χ4v) is 2.10. The maximum absolute atomic E-state index is 13.1. The average molecular weight is 271 g/mol. The summed E-state index contributed by atoms with van der Waals surface area (Å²) in [6.45, 7) is 2.57. The Morgan fingerprint density at radius 2 is 2.15 bits per heavy atom. The van der Waals surface area contributed by atoms with Crippen LogP contribution in [0.5, 0.6) is 0 Å². The number of hydrogen-bond donors (Lipinski definition) is 2. The zero-order chi connectivity index (χ0) is 13.9. The van der Waals surface area contributed by atoms with Gasteiger partial charge < -0.3 is 5.32 Å². The van der Waals surface area contributed by atoms with Crippen molar-refractivity contribution in [3.05, 3.63) is 47.7 Å². The first-order valence-corrected chi connectivity index (χ1v) is 6.38. The molecule has 3 aromatic rings. The number of benzene rings is 1. The van der Waals surface area contributed by atoms with Gasteiger partial charge in [-0.05, 0) is 31.0 Å². The number of rotatable bonds is 4. The van der Waals surface area contributed by atoms with Crippen molar-refractivity contribution in [2.75, 3.05) is 11.9 Å². The van der Waals surface area contributed by atoms with Crippen LogP contribution in [0.4, 0.5) is 10.2 Å². The van der Waals surface area contributed by atoms with Gasteiger partial charge in [-0.15, -0.1) is 0 Å². The van der Waals surface area contributed by atoms with E-state index in [0.717, 1.165) is 22.3 Å². The number of fused-ring (bicyclic) bond motifs is 1. The number of halogens is 1. The highest BCUT2D eigenvalue weighted by atomic mass is 19.1. The molecule has 0 bridgehead atoms. The van der Waals surface area contributed by atoms with Gasteiger partial charge in [-0.2, -0.15) is 5.10 Å². The normalized spacial score (nSPS) is 10.9. The summed E-state index contributed by atoms with van der Waals surface area (Å²) in [5.74, 6) is 0.477. The van der Waals surface area contributed by atoms with Crippen molar-refractivity contribution in [3.63, 3.8) is 0 Å². The minimum absolute atomic E-state index is 0.213. The number of H-pyrrole nitrogens is 1. The van der Waals surface area contributed by atoms with Gasteiger partial charge in [0.05, 0.1) is 5.69 Å². The second kappa shape index (κ2) is 5.24. The van der Waals surface area contributed by atoms with E-state index in [9.17, 15) is 4.39 Å². The molecule has 0 atom stereocenters. The summed E-state index contributed by atoms with van der Waals surface area (Å²) < 4.78 is 13.1. The summed E-state index contributed by atoms with van der Waals surface area (Å²) in [4.78, 5) is 8.37. The molecular weight excluding hydrogens is 257 g/mol. The van der Waals surface area contributed by atoms with Crippen LogP contribution < -0.4 is 5.32 Å². The highest BCUT2D eigenvalue weighted by Crippen LogP contribution is 2.18. The molecule has 3 rings (SSSR count). The van der Waals surface area contributed by atoms with Crippen molar-refractivity contribution < 1.29 is 4.39 Å². The molecule has 0 saturated heterocycles. The Labute approximate surface area is 115 Å². The summed E-state index contributed by atoms with van der Waals surface area (Å²) in [6, 6.07) is 6.59. The third kappa shape index (κ3) is 2.45. The lowest BCUT2D eigenvalue weighted by molar-refractivity contribution is 0.625. The van der Waals surface area contributed by atoms with Crippen molar-refractivity contribution in [2.24, 2.45) is 0 Å². The smallest absolute Gasteiger partial charge is 0.157 e. The second-order valence-electron chi connectivity index (χ2n) is 4.57. The summed E-state index contributed by atoms with van der Waals surface area (Å²) in [5.41, 5.74) is 3.40. The Kier molecular flexibility index (Phi) is 3.28. The zero-order valence-electron chi connectivity index (χ0n) is 11.0. The molecule has 0 fully saturated rings. The molecule has 0 amide bonds. The first kappa shape index (κ1) is 12.5. The van der Waals surface area contributed by atoms with Crippen molar-refractivity contribution in [1.82, 2.24) is 20.2 Å². The Morgan fingerprint density at radius 1 is 1.25 bits per heavy atom. The number of aromatic amines is 1. The molecule has 2 heterocycles. The van der Waals surface area contributed by atoms with Crippen molar-refractivity contribution in [3.8, 4) is 0 Å². The zero-order valence-corrected chi connectivity index (χ0v) is 11.0. The molecule has 0 spiro atoms. The molecule has 0 aliphatic rings. The van der Waals surface area contributed by atoms with Crippen molar-refractivity contribution in [2.45, 2.75) is 13.3 Å². The molecule has 2 aromatic heterocycles. The number of aryl methyl sites for hydroxylation is 1. The van der Waals surface area contributed by atoms with E-state index in [1.807, 2.05) is 13.0 Å². The monoisotopic (exact) mass is 271 g/mol. The minimum Gasteiger partial charge on any atom is -0.368 e. The van der Waals surface area contributed by atoms with Crippen LogP contribution >= 0.6 is 0 Å². The lowest BCUT2D eigenvalue weighted by Crippen LogP contribution is -2.07. The molecule has 1 aromatic carbocycles. The van der Waals surface area contributed by atoms with Crippen LogP contribution in [0.15, 0.2) is 30.6 Å². The highest BCUT2D eigenvalue weighted by molar-refractivity contribution is 5.86. The number of nitrogens with zero attached hydrogens (tertiary/aromatic N) is 3. The minimum atomic E-state index is -0.213. The lowest BCUT2D eigenvalue weighted by Gasteiger charge is -2.05. The fraction of sp³-hybridized carbons (Fsp3) is 0.214. The van der Waals surface area contributed by atoms with Gasteiger partial charge in [0.25, 0.3) is 0 Å². The van der Waals surface area contributed by atoms with Crippen LogP contribution in [0.3, 0.4) is 0 Å². The van der Waals surface area contributed by atoms with E-state index in [1.165, 1.54) is 18.5 Å². The van der Waals surface area contributed by atoms with Gasteiger partial charge in [0.15, 0.2) is 11.3 Å². The molecule has 6 heteroatoms. The van der Waals surface area contributed by atoms with Gasteiger partial charge >= 0.3 is 0 Å². The molecule has 0 aliphatic carbocycles. The second-order valence-corrected chi connectivity index (χ2v) is 4.57. The van der Waals surface area contributed by atoms with Crippen molar-refractivity contribution >= 4 is 16.9 Å². The average Bonchev–Trinajstić information content (AvgIpc) is 2.82.